The number of carbonyl (C=O) groups excluding carboxylic acids is 1. The first kappa shape index (κ1) is 17.8. The normalized spacial score (nSPS) is 10.3. The molecule has 0 unspecified atom stereocenters. The maximum atomic E-state index is 12.7. The Bertz CT molecular complexity index is 718. The van der Waals surface area contributed by atoms with Gasteiger partial charge >= 0.3 is 5.97 Å². The van der Waals surface area contributed by atoms with Crippen LogP contribution in [0.4, 0.5) is 0 Å². The molecule has 2 aromatic rings. The van der Waals surface area contributed by atoms with E-state index in [1.165, 1.54) is 30.5 Å². The Balaban J connectivity index is 2.31. The first-order valence-electron chi connectivity index (χ1n) is 7.20. The molecule has 1 N–H and O–H groups in total. The number of rotatable bonds is 7. The third kappa shape index (κ3) is 4.26. The fourth-order valence-corrected chi connectivity index (χ4v) is 3.11. The molecule has 1 heterocycles. The van der Waals surface area contributed by atoms with E-state index in [1.807, 2.05) is 12.3 Å². The lowest BCUT2D eigenvalue weighted by Gasteiger charge is -2.21. The van der Waals surface area contributed by atoms with Crippen LogP contribution in [0.3, 0.4) is 0 Å². The van der Waals surface area contributed by atoms with Crippen LogP contribution in [-0.4, -0.2) is 42.6 Å². The minimum Gasteiger partial charge on any atom is -0.497 e. The van der Waals surface area contributed by atoms with Gasteiger partial charge in [0.15, 0.2) is 0 Å². The summed E-state index contributed by atoms with van der Waals surface area (Å²) in [6.07, 6.45) is 0. The van der Waals surface area contributed by atoms with Gasteiger partial charge in [-0.2, -0.15) is 11.3 Å². The number of hydrogen-bond donors (Lipinski definition) is 1. The summed E-state index contributed by atoms with van der Waals surface area (Å²) in [6, 6.07) is 5.23. The summed E-state index contributed by atoms with van der Waals surface area (Å²) in [4.78, 5) is 25.1. The first-order valence-corrected chi connectivity index (χ1v) is 8.14. The molecule has 7 heteroatoms. The van der Waals surface area contributed by atoms with E-state index in [-0.39, 0.29) is 19.0 Å². The molecule has 0 saturated carbocycles. The van der Waals surface area contributed by atoms with Gasteiger partial charge < -0.3 is 19.5 Å². The summed E-state index contributed by atoms with van der Waals surface area (Å²) in [5, 5.41) is 12.7. The number of carboxylic acids is 1. The highest BCUT2D eigenvalue weighted by molar-refractivity contribution is 7.08. The molecule has 0 saturated heterocycles. The van der Waals surface area contributed by atoms with Gasteiger partial charge in [-0.15, -0.1) is 0 Å². The zero-order chi connectivity index (χ0) is 17.7. The summed E-state index contributed by atoms with van der Waals surface area (Å²) in [5.74, 6) is -0.207. The molecule has 1 amide bonds. The quantitative estimate of drug-likeness (QED) is 0.832. The molecule has 2 rings (SSSR count). The van der Waals surface area contributed by atoms with Crippen LogP contribution in [0.1, 0.15) is 21.5 Å². The largest absolute Gasteiger partial charge is 0.497 e. The summed E-state index contributed by atoms with van der Waals surface area (Å²) in [6.45, 7) is 1.60. The third-order valence-corrected chi connectivity index (χ3v) is 4.35. The van der Waals surface area contributed by atoms with E-state index in [9.17, 15) is 9.59 Å². The monoisotopic (exact) mass is 349 g/mol. The van der Waals surface area contributed by atoms with Crippen molar-refractivity contribution < 1.29 is 24.2 Å². The Morgan fingerprint density at radius 3 is 2.21 bits per heavy atom. The second kappa shape index (κ2) is 7.83. The molecule has 0 aliphatic carbocycles. The second-order valence-corrected chi connectivity index (χ2v) is 5.99. The number of thiophene rings is 1. The molecule has 0 spiro atoms. The lowest BCUT2D eigenvalue weighted by Crippen LogP contribution is -2.35. The van der Waals surface area contributed by atoms with Crippen molar-refractivity contribution >= 4 is 23.2 Å². The van der Waals surface area contributed by atoms with Crippen LogP contribution < -0.4 is 9.47 Å². The maximum absolute atomic E-state index is 12.7. The minimum atomic E-state index is -1.06. The lowest BCUT2D eigenvalue weighted by molar-refractivity contribution is -0.137. The van der Waals surface area contributed by atoms with Crippen LogP contribution in [0.15, 0.2) is 29.0 Å². The van der Waals surface area contributed by atoms with Gasteiger partial charge in [0, 0.05) is 18.0 Å². The Hall–Kier alpha value is -2.54. The van der Waals surface area contributed by atoms with Crippen LogP contribution in [0.5, 0.6) is 11.5 Å². The second-order valence-electron chi connectivity index (χ2n) is 5.24. The van der Waals surface area contributed by atoms with Crippen molar-refractivity contribution in [3.8, 4) is 11.5 Å². The number of ether oxygens (including phenoxy) is 2. The number of amides is 1. The number of aryl methyl sites for hydroxylation is 1. The Morgan fingerprint density at radius 2 is 1.75 bits per heavy atom. The van der Waals surface area contributed by atoms with E-state index in [4.69, 9.17) is 14.6 Å². The maximum Gasteiger partial charge on any atom is 0.323 e. The average Bonchev–Trinajstić information content (AvgIpc) is 2.98. The van der Waals surface area contributed by atoms with Crippen molar-refractivity contribution in [2.45, 2.75) is 13.5 Å². The van der Waals surface area contributed by atoms with Gasteiger partial charge in [-0.05, 0) is 35.6 Å². The molecule has 1 aromatic heterocycles. The molecule has 0 radical (unpaired) electrons. The fourth-order valence-electron chi connectivity index (χ4n) is 2.29. The standard InChI is InChI=1S/C17H19NO5S/c1-11-9-24-10-15(11)17(21)18(8-16(19)20)7-12-4-13(22-2)6-14(5-12)23-3/h4-6,9-10H,7-8H2,1-3H3,(H,19,20). The van der Waals surface area contributed by atoms with E-state index in [0.29, 0.717) is 17.1 Å². The van der Waals surface area contributed by atoms with Gasteiger partial charge in [0.2, 0.25) is 0 Å². The molecule has 24 heavy (non-hydrogen) atoms. The molecule has 1 aromatic carbocycles. The number of hydrogen-bond acceptors (Lipinski definition) is 5. The van der Waals surface area contributed by atoms with Gasteiger partial charge in [0.1, 0.15) is 18.0 Å². The molecule has 128 valence electrons. The fraction of sp³-hybridized carbons (Fsp3) is 0.294. The van der Waals surface area contributed by atoms with Crippen LogP contribution in [0.25, 0.3) is 0 Å². The van der Waals surface area contributed by atoms with Crippen molar-refractivity contribution in [2.75, 3.05) is 20.8 Å². The first-order chi connectivity index (χ1) is 11.4. The number of carboxylic acid groups (broad SMARTS) is 1. The predicted octanol–water partition coefficient (Wildman–Crippen LogP) is 2.80. The van der Waals surface area contributed by atoms with Crippen molar-refractivity contribution in [1.82, 2.24) is 4.90 Å². The van der Waals surface area contributed by atoms with Gasteiger partial charge in [-0.25, -0.2) is 0 Å². The van der Waals surface area contributed by atoms with Crippen LogP contribution >= 0.6 is 11.3 Å². The summed E-state index contributed by atoms with van der Waals surface area (Å²) in [5.41, 5.74) is 2.09. The SMILES string of the molecule is COc1cc(CN(CC(=O)O)C(=O)c2cscc2C)cc(OC)c1. The Labute approximate surface area is 144 Å². The smallest absolute Gasteiger partial charge is 0.323 e. The van der Waals surface area contributed by atoms with Gasteiger partial charge in [0.25, 0.3) is 5.91 Å². The molecule has 0 aliphatic heterocycles. The molecule has 0 aliphatic rings. The Morgan fingerprint density at radius 1 is 1.12 bits per heavy atom. The van der Waals surface area contributed by atoms with E-state index >= 15 is 0 Å². The number of aliphatic carboxylic acids is 1. The topological polar surface area (TPSA) is 76.1 Å². The van der Waals surface area contributed by atoms with Crippen molar-refractivity contribution in [1.29, 1.82) is 0 Å². The molecule has 0 bridgehead atoms. The molecule has 0 fully saturated rings. The highest BCUT2D eigenvalue weighted by Crippen LogP contribution is 2.24. The number of benzene rings is 1. The molecular formula is C17H19NO5S. The van der Waals surface area contributed by atoms with E-state index in [1.54, 1.807) is 23.6 Å². The lowest BCUT2D eigenvalue weighted by atomic mass is 10.1. The molecule has 0 atom stereocenters. The third-order valence-electron chi connectivity index (χ3n) is 3.48. The number of methoxy groups -OCH3 is 2. The summed E-state index contributed by atoms with van der Waals surface area (Å²) in [7, 11) is 3.07. The summed E-state index contributed by atoms with van der Waals surface area (Å²) >= 11 is 1.41. The van der Waals surface area contributed by atoms with E-state index in [0.717, 1.165) is 11.1 Å². The Kier molecular flexibility index (Phi) is 5.81. The highest BCUT2D eigenvalue weighted by Gasteiger charge is 2.21. The van der Waals surface area contributed by atoms with Crippen molar-refractivity contribution in [3.63, 3.8) is 0 Å². The number of nitrogens with zero attached hydrogens (tertiary/aromatic N) is 1. The zero-order valence-corrected chi connectivity index (χ0v) is 14.6. The molecule has 6 nitrogen and oxygen atoms in total. The van der Waals surface area contributed by atoms with Crippen molar-refractivity contribution in [3.05, 3.63) is 45.6 Å². The molecular weight excluding hydrogens is 330 g/mol. The minimum absolute atomic E-state index is 0.147. The zero-order valence-electron chi connectivity index (χ0n) is 13.7. The van der Waals surface area contributed by atoms with Crippen LogP contribution in [-0.2, 0) is 11.3 Å². The average molecular weight is 349 g/mol. The van der Waals surface area contributed by atoms with Gasteiger partial charge in [0.05, 0.1) is 19.8 Å². The van der Waals surface area contributed by atoms with E-state index in [2.05, 4.69) is 0 Å². The van der Waals surface area contributed by atoms with Crippen LogP contribution in [0.2, 0.25) is 0 Å². The van der Waals surface area contributed by atoms with Gasteiger partial charge in [-0.1, -0.05) is 0 Å². The number of carbonyl (C=O) groups is 2. The van der Waals surface area contributed by atoms with E-state index < -0.39 is 5.97 Å². The predicted molar refractivity (Wildman–Crippen MR) is 91.0 cm³/mol. The van der Waals surface area contributed by atoms with Crippen molar-refractivity contribution in [2.24, 2.45) is 0 Å². The van der Waals surface area contributed by atoms with Gasteiger partial charge in [-0.3, -0.25) is 9.59 Å². The van der Waals surface area contributed by atoms with Crippen LogP contribution in [0, 0.1) is 6.92 Å². The summed E-state index contributed by atoms with van der Waals surface area (Å²) < 4.78 is 10.4. The highest BCUT2D eigenvalue weighted by atomic mass is 32.1.